The Kier molecular flexibility index (Phi) is 5.64. The maximum absolute atomic E-state index is 11.8. The molecule has 0 amide bonds. The number of hydrogen-bond donors (Lipinski definition) is 2. The van der Waals surface area contributed by atoms with Crippen LogP contribution in [0.1, 0.15) is 21.5 Å². The van der Waals surface area contributed by atoms with Crippen LogP contribution in [0, 0.1) is 0 Å². The maximum atomic E-state index is 11.8. The number of carbonyl (C=O) groups is 1. The fourth-order valence-corrected chi connectivity index (χ4v) is 2.00. The average Bonchev–Trinajstić information content (AvgIpc) is 2.37. The fourth-order valence-electron chi connectivity index (χ4n) is 1.71. The van der Waals surface area contributed by atoms with Gasteiger partial charge in [-0.25, -0.2) is 4.79 Å². The summed E-state index contributed by atoms with van der Waals surface area (Å²) in [5.41, 5.74) is 1.52. The number of phenolic OH excluding ortho intramolecular Hbond substituents is 1. The highest BCUT2D eigenvalue weighted by atomic mass is 32.2. The van der Waals surface area contributed by atoms with E-state index in [1.165, 1.54) is 6.07 Å². The molecule has 0 aliphatic carbocycles. The van der Waals surface area contributed by atoms with Crippen LogP contribution in [0.5, 0.6) is 5.75 Å². The van der Waals surface area contributed by atoms with E-state index >= 15 is 0 Å². The van der Waals surface area contributed by atoms with Gasteiger partial charge in [-0.1, -0.05) is 24.3 Å². The van der Waals surface area contributed by atoms with E-state index in [0.717, 1.165) is 5.56 Å². The highest BCUT2D eigenvalue weighted by Crippen LogP contribution is 2.25. The van der Waals surface area contributed by atoms with Crippen LogP contribution in [-0.2, 0) is 27.5 Å². The Labute approximate surface area is 119 Å². The summed E-state index contributed by atoms with van der Waals surface area (Å²) in [6.45, 7) is -0.463. The molecule has 0 spiro atoms. The number of carbonyl (C=O) groups excluding carboxylic acids is 1. The molecule has 0 heterocycles. The van der Waals surface area contributed by atoms with Crippen molar-refractivity contribution in [1.29, 1.82) is 0 Å². The van der Waals surface area contributed by atoms with Crippen molar-refractivity contribution in [3.05, 3.63) is 28.8 Å². The smallest absolute Gasteiger partial charge is 0.341 e. The molecule has 1 aromatic rings. The molecule has 1 aromatic carbocycles. The summed E-state index contributed by atoms with van der Waals surface area (Å²) in [4.78, 5) is 11.8. The monoisotopic (exact) mass is 298 g/mol. The molecule has 0 saturated carbocycles. The summed E-state index contributed by atoms with van der Waals surface area (Å²) in [5.74, 6) is -1.63. The molecule has 2 N–H and O–H groups in total. The summed E-state index contributed by atoms with van der Waals surface area (Å²) in [7, 11) is -0.412. The first-order valence-corrected chi connectivity index (χ1v) is 7.86. The molecule has 0 aliphatic heterocycles. The Hall–Kier alpha value is -1.47. The van der Waals surface area contributed by atoms with Crippen LogP contribution in [0.25, 0.3) is 0 Å². The average molecular weight is 298 g/mol. The van der Waals surface area contributed by atoms with Gasteiger partial charge in [0.1, 0.15) is 39.4 Å². The molecule has 0 aliphatic rings. The van der Waals surface area contributed by atoms with Gasteiger partial charge < -0.3 is 9.84 Å². The highest BCUT2D eigenvalue weighted by molar-refractivity contribution is 7.85. The predicted molar refractivity (Wildman–Crippen MR) is 79.3 cm³/mol. The molecule has 0 atom stereocenters. The third kappa shape index (κ3) is 4.57. The molecular weight excluding hydrogens is 282 g/mol. The van der Waals surface area contributed by atoms with Crippen molar-refractivity contribution >= 4 is 31.8 Å². The van der Waals surface area contributed by atoms with Crippen LogP contribution in [0.3, 0.4) is 0 Å². The van der Waals surface area contributed by atoms with E-state index in [1.807, 2.05) is 21.8 Å². The van der Waals surface area contributed by atoms with Crippen LogP contribution in [0.2, 0.25) is 0 Å². The predicted octanol–water partition coefficient (Wildman–Crippen LogP) is -1.30. The molecule has 6 nitrogen and oxygen atoms in total. The van der Waals surface area contributed by atoms with Crippen molar-refractivity contribution in [1.82, 2.24) is 0 Å². The first-order valence-electron chi connectivity index (χ1n) is 6.25. The summed E-state index contributed by atoms with van der Waals surface area (Å²) in [6.07, 6.45) is 1.25. The molecule has 108 valence electrons. The van der Waals surface area contributed by atoms with Crippen molar-refractivity contribution in [3.8, 4) is 5.75 Å². The molecule has 0 unspecified atom stereocenters. The van der Waals surface area contributed by atoms with E-state index < -0.39 is 28.4 Å². The van der Waals surface area contributed by atoms with Crippen molar-refractivity contribution in [2.24, 2.45) is 0 Å². The van der Waals surface area contributed by atoms with Gasteiger partial charge in [0.25, 0.3) is 10.1 Å². The lowest BCUT2D eigenvalue weighted by atomic mass is 9.88. The van der Waals surface area contributed by atoms with E-state index in [4.69, 9.17) is 9.29 Å². The van der Waals surface area contributed by atoms with E-state index in [0.29, 0.717) is 18.2 Å². The second-order valence-electron chi connectivity index (χ2n) is 4.28. The molecule has 0 aromatic heterocycles. The molecule has 0 fully saturated rings. The highest BCUT2D eigenvalue weighted by Gasteiger charge is 2.17. The largest absolute Gasteiger partial charge is 0.507 e. The van der Waals surface area contributed by atoms with Crippen molar-refractivity contribution < 1.29 is 27.6 Å². The van der Waals surface area contributed by atoms with E-state index in [-0.39, 0.29) is 11.3 Å². The van der Waals surface area contributed by atoms with Gasteiger partial charge in [-0.05, 0) is 11.6 Å². The summed E-state index contributed by atoms with van der Waals surface area (Å²) in [5, 5.41) is 9.97. The number of ether oxygens (including phenoxy) is 1. The van der Waals surface area contributed by atoms with Crippen LogP contribution in [-0.4, -0.2) is 52.1 Å². The van der Waals surface area contributed by atoms with Gasteiger partial charge in [-0.2, -0.15) is 8.42 Å². The lowest BCUT2D eigenvalue weighted by molar-refractivity contribution is 0.0524. The third-order valence-corrected chi connectivity index (χ3v) is 3.51. The van der Waals surface area contributed by atoms with Crippen molar-refractivity contribution in [2.45, 2.75) is 12.6 Å². The first kappa shape index (κ1) is 16.6. The first-order chi connectivity index (χ1) is 9.28. The number of benzene rings is 1. The quantitative estimate of drug-likeness (QED) is 0.385. The summed E-state index contributed by atoms with van der Waals surface area (Å²) in [6, 6.07) is 3.33. The molecule has 0 radical (unpaired) electrons. The summed E-state index contributed by atoms with van der Waals surface area (Å²) >= 11 is 0. The van der Waals surface area contributed by atoms with Crippen LogP contribution < -0.4 is 0 Å². The number of phenols is 1. The number of aromatic hydroxyl groups is 1. The van der Waals surface area contributed by atoms with E-state index in [1.54, 1.807) is 0 Å². The Morgan fingerprint density at radius 3 is 2.40 bits per heavy atom. The van der Waals surface area contributed by atoms with Crippen molar-refractivity contribution in [2.75, 3.05) is 12.4 Å². The fraction of sp³-hybridized carbons (Fsp3) is 0.364. The SMILES string of the molecule is BCc1cc(CB)c(O)c(C(=O)OCCS(=O)(=O)O)c1. The molecule has 1 rings (SSSR count). The lowest BCUT2D eigenvalue weighted by Gasteiger charge is -2.11. The van der Waals surface area contributed by atoms with E-state index in [9.17, 15) is 18.3 Å². The molecule has 9 heteroatoms. The van der Waals surface area contributed by atoms with Gasteiger partial charge in [0.05, 0.1) is 0 Å². The molecule has 20 heavy (non-hydrogen) atoms. The Morgan fingerprint density at radius 1 is 1.25 bits per heavy atom. The van der Waals surface area contributed by atoms with Gasteiger partial charge in [-0.15, -0.1) is 0 Å². The van der Waals surface area contributed by atoms with Gasteiger partial charge in [0, 0.05) is 0 Å². The topological polar surface area (TPSA) is 101 Å². The normalized spacial score (nSPS) is 11.2. The van der Waals surface area contributed by atoms with Crippen LogP contribution in [0.15, 0.2) is 12.1 Å². The second kappa shape index (κ2) is 6.81. The second-order valence-corrected chi connectivity index (χ2v) is 5.85. The minimum absolute atomic E-state index is 0.0107. The Morgan fingerprint density at radius 2 is 1.90 bits per heavy atom. The maximum Gasteiger partial charge on any atom is 0.341 e. The summed E-state index contributed by atoms with van der Waals surface area (Å²) < 4.78 is 34.4. The third-order valence-electron chi connectivity index (χ3n) is 2.83. The van der Waals surface area contributed by atoms with Crippen LogP contribution in [0.4, 0.5) is 0 Å². The lowest BCUT2D eigenvalue weighted by Crippen LogP contribution is -2.15. The minimum atomic E-state index is -4.18. The Balaban J connectivity index is 2.92. The molecule has 0 saturated heterocycles. The van der Waals surface area contributed by atoms with E-state index in [2.05, 4.69) is 0 Å². The zero-order valence-electron chi connectivity index (χ0n) is 11.4. The standard InChI is InChI=1S/C11H16B2O6S/c12-5-7-3-8(6-13)10(14)9(4-7)11(15)19-1-2-20(16,17)18/h3-4,14H,1-2,5-6,12-13H2,(H,16,17,18). The zero-order chi connectivity index (χ0) is 15.3. The minimum Gasteiger partial charge on any atom is -0.507 e. The van der Waals surface area contributed by atoms with Crippen molar-refractivity contribution in [3.63, 3.8) is 0 Å². The van der Waals surface area contributed by atoms with Gasteiger partial charge in [0.2, 0.25) is 0 Å². The van der Waals surface area contributed by atoms with Crippen LogP contribution >= 0.6 is 0 Å². The number of hydrogen-bond acceptors (Lipinski definition) is 5. The van der Waals surface area contributed by atoms with Gasteiger partial charge in [-0.3, -0.25) is 4.55 Å². The van der Waals surface area contributed by atoms with Gasteiger partial charge in [0.15, 0.2) is 0 Å². The number of rotatable bonds is 6. The number of esters is 1. The molecular formula is C11H16B2O6S. The Bertz CT molecular complexity index is 599. The zero-order valence-corrected chi connectivity index (χ0v) is 12.2. The van der Waals surface area contributed by atoms with Gasteiger partial charge >= 0.3 is 5.97 Å². The molecule has 0 bridgehead atoms.